The van der Waals surface area contributed by atoms with E-state index in [1.165, 1.54) is 6.92 Å². The summed E-state index contributed by atoms with van der Waals surface area (Å²) in [5.41, 5.74) is 0. The maximum absolute atomic E-state index is 9.91. The third-order valence-corrected chi connectivity index (χ3v) is 1.96. The second kappa shape index (κ2) is 2.56. The van der Waals surface area contributed by atoms with E-state index in [0.717, 1.165) is 0 Å². The normalized spacial score (nSPS) is 16.8. The van der Waals surface area contributed by atoms with Gasteiger partial charge in [0.2, 0.25) is 0 Å². The number of aliphatic hydroxyl groups excluding tert-OH is 1. The molecule has 0 amide bonds. The fourth-order valence-corrected chi connectivity index (χ4v) is 0. The third-order valence-electron chi connectivity index (χ3n) is 0.320. The van der Waals surface area contributed by atoms with E-state index in [4.69, 9.17) is 5.11 Å². The first-order chi connectivity index (χ1) is 2.64. The zero-order chi connectivity index (χ0) is 5.15. The van der Waals surface area contributed by atoms with Crippen LogP contribution < -0.4 is 0 Å². The zero-order valence-corrected chi connectivity index (χ0v) is 5.12. The van der Waals surface area contributed by atoms with Gasteiger partial charge in [0.05, 0.1) is 0 Å². The van der Waals surface area contributed by atoms with Crippen LogP contribution in [0.2, 0.25) is 0 Å². The Morgan fingerprint density at radius 2 is 2.17 bits per heavy atom. The van der Waals surface area contributed by atoms with Crippen LogP contribution >= 0.6 is 19.3 Å². The Hall–Kier alpha value is 0.410. The monoisotopic (exact) mass is 125 g/mol. The Kier molecular flexibility index (Phi) is 2.74. The Balaban J connectivity index is 3.26. The Morgan fingerprint density at radius 1 is 2.00 bits per heavy atom. The van der Waals surface area contributed by atoms with E-state index in [-0.39, 0.29) is 0 Å². The summed E-state index contributed by atoms with van der Waals surface area (Å²) in [5.74, 6) is -0.775. The van der Waals surface area contributed by atoms with Crippen LogP contribution in [0.15, 0.2) is 0 Å². The molecule has 0 fully saturated rings. The van der Waals surface area contributed by atoms with E-state index in [9.17, 15) is 4.57 Å². The van der Waals surface area contributed by atoms with Crippen molar-refractivity contribution in [3.05, 3.63) is 0 Å². The fraction of sp³-hybridized carbons (Fsp3) is 1.00. The molecule has 0 spiro atoms. The molecule has 0 aliphatic heterocycles. The van der Waals surface area contributed by atoms with Crippen LogP contribution in [-0.2, 0) is 4.57 Å². The van der Waals surface area contributed by atoms with Crippen molar-refractivity contribution in [3.63, 3.8) is 0 Å². The predicted octanol–water partition coefficient (Wildman–Crippen LogP) is 0.997. The molecule has 36 valence electrons. The average Bonchev–Trinajstić information content (AvgIpc) is 1.36. The second-order valence-corrected chi connectivity index (χ2v) is 3.47. The summed E-state index contributed by atoms with van der Waals surface area (Å²) < 4.78 is 9.91. The fourth-order valence-electron chi connectivity index (χ4n) is 0. The van der Waals surface area contributed by atoms with Crippen LogP contribution in [0.3, 0.4) is 0 Å². The van der Waals surface area contributed by atoms with Gasteiger partial charge in [0.1, 0.15) is 12.2 Å². The summed E-state index contributed by atoms with van der Waals surface area (Å²) >= 11 is 3.45. The third kappa shape index (κ3) is 2.64. The van der Waals surface area contributed by atoms with Gasteiger partial charge < -0.3 is 5.11 Å². The largest absolute Gasteiger partial charge is 0.438 e. The number of aliphatic hydroxyl groups is 1. The van der Waals surface area contributed by atoms with Crippen LogP contribution in [-0.4, -0.2) is 11.0 Å². The molecule has 2 nitrogen and oxygen atoms in total. The Morgan fingerprint density at radius 3 is 2.17 bits per heavy atom. The minimum atomic E-state index is -1.66. The highest BCUT2D eigenvalue weighted by Gasteiger charge is 2.15. The molecule has 1 N–H and O–H groups in total. The topological polar surface area (TPSA) is 37.3 Å². The van der Waals surface area contributed by atoms with E-state index in [1.807, 2.05) is 0 Å². The van der Waals surface area contributed by atoms with Gasteiger partial charge in [0, 0.05) is 6.92 Å². The lowest BCUT2D eigenvalue weighted by Gasteiger charge is -1.75. The highest BCUT2D eigenvalue weighted by atomic mass is 32.7. The van der Waals surface area contributed by atoms with E-state index >= 15 is 0 Å². The number of hydrogen-bond acceptors (Lipinski definition) is 2. The molecule has 0 aromatic rings. The molecular weight excluding hydrogens is 119 g/mol. The van der Waals surface area contributed by atoms with Gasteiger partial charge in [0.15, 0.2) is 0 Å². The molecule has 0 radical (unpaired) electrons. The molecule has 2 unspecified atom stereocenters. The van der Waals surface area contributed by atoms with Crippen LogP contribution in [0.1, 0.15) is 6.92 Å². The van der Waals surface area contributed by atoms with E-state index < -0.39 is 12.8 Å². The first-order valence-corrected chi connectivity index (χ1v) is 3.96. The van der Waals surface area contributed by atoms with Crippen molar-refractivity contribution in [3.8, 4) is 0 Å². The Labute approximate surface area is 42.5 Å². The quantitative estimate of drug-likeness (QED) is 0.405. The lowest BCUT2D eigenvalue weighted by atomic mass is 10.9. The first-order valence-electron chi connectivity index (χ1n) is 1.48. The summed E-state index contributed by atoms with van der Waals surface area (Å²) in [6.07, 6.45) is 0. The molecule has 0 aliphatic rings. The van der Waals surface area contributed by atoms with Gasteiger partial charge in [-0.1, -0.05) is 4.57 Å². The molecule has 0 aliphatic carbocycles. The van der Waals surface area contributed by atoms with Crippen molar-refractivity contribution in [2.24, 2.45) is 0 Å². The highest BCUT2D eigenvalue weighted by Crippen LogP contribution is 2.29. The van der Waals surface area contributed by atoms with Crippen molar-refractivity contribution in [1.29, 1.82) is 0 Å². The minimum Gasteiger partial charge on any atom is -0.350 e. The van der Waals surface area contributed by atoms with Crippen molar-refractivity contribution in [1.82, 2.24) is 0 Å². The standard InChI is InChI=1S/C2H5O2PS/c1-2(3)5(4)6/h2-3H,1H3/p+1. The smallest absolute Gasteiger partial charge is 0.350 e. The van der Waals surface area contributed by atoms with Crippen LogP contribution in [0, 0.1) is 0 Å². The summed E-state index contributed by atoms with van der Waals surface area (Å²) in [7, 11) is -1.66. The van der Waals surface area contributed by atoms with Gasteiger partial charge in [-0.15, -0.1) is 0 Å². The summed E-state index contributed by atoms with van der Waals surface area (Å²) in [6.45, 7) is 1.44. The second-order valence-electron chi connectivity index (χ2n) is 0.934. The van der Waals surface area contributed by atoms with E-state index in [1.54, 1.807) is 0 Å². The van der Waals surface area contributed by atoms with Gasteiger partial charge in [-0.2, -0.15) is 0 Å². The van der Waals surface area contributed by atoms with Crippen molar-refractivity contribution < 1.29 is 9.67 Å². The van der Waals surface area contributed by atoms with Crippen molar-refractivity contribution in [2.75, 3.05) is 0 Å². The van der Waals surface area contributed by atoms with Gasteiger partial charge in [-0.25, -0.2) is 0 Å². The molecule has 4 heteroatoms. The zero-order valence-electron chi connectivity index (χ0n) is 3.33. The molecule has 2 atom stereocenters. The van der Waals surface area contributed by atoms with Gasteiger partial charge in [-0.05, 0) is 0 Å². The summed E-state index contributed by atoms with van der Waals surface area (Å²) in [4.78, 5) is 0. The van der Waals surface area contributed by atoms with Crippen LogP contribution in [0.25, 0.3) is 0 Å². The lowest BCUT2D eigenvalue weighted by molar-refractivity contribution is 0.275. The average molecular weight is 125 g/mol. The predicted molar refractivity (Wildman–Crippen MR) is 28.3 cm³/mol. The molecule has 0 aromatic carbocycles. The summed E-state index contributed by atoms with van der Waals surface area (Å²) in [5, 5.41) is 8.27. The Bertz CT molecular complexity index is 62.6. The van der Waals surface area contributed by atoms with Crippen molar-refractivity contribution >= 4 is 19.3 Å². The van der Waals surface area contributed by atoms with Crippen LogP contribution in [0.5, 0.6) is 0 Å². The molecule has 0 bridgehead atoms. The SMILES string of the molecule is CC(O)[P+](=O)S. The number of thiol groups is 1. The highest BCUT2D eigenvalue weighted by molar-refractivity contribution is 8.40. The number of hydrogen-bond donors (Lipinski definition) is 2. The molecule has 6 heavy (non-hydrogen) atoms. The van der Waals surface area contributed by atoms with E-state index in [2.05, 4.69) is 12.2 Å². The minimum absolute atomic E-state index is 0.775. The van der Waals surface area contributed by atoms with Crippen molar-refractivity contribution in [2.45, 2.75) is 12.8 Å². The van der Waals surface area contributed by atoms with Gasteiger partial charge >= 0.3 is 7.00 Å². The maximum Gasteiger partial charge on any atom is 0.438 e. The molecule has 0 rings (SSSR count). The summed E-state index contributed by atoms with van der Waals surface area (Å²) in [6, 6.07) is 0. The van der Waals surface area contributed by atoms with Gasteiger partial charge in [-0.3, -0.25) is 0 Å². The molecule has 0 heterocycles. The maximum atomic E-state index is 9.91. The number of rotatable bonds is 1. The molecule has 0 saturated heterocycles. The molecule has 0 aromatic heterocycles. The lowest BCUT2D eigenvalue weighted by Crippen LogP contribution is -1.85. The van der Waals surface area contributed by atoms with Gasteiger partial charge in [0.25, 0.3) is 5.85 Å². The van der Waals surface area contributed by atoms with Crippen LogP contribution in [0.4, 0.5) is 0 Å². The molecular formula is C2H6O2PS+. The molecule has 0 saturated carbocycles. The first kappa shape index (κ1) is 6.41. The van der Waals surface area contributed by atoms with E-state index in [0.29, 0.717) is 0 Å².